The molecule has 2 aromatic heterocycles. The van der Waals surface area contributed by atoms with E-state index in [1.807, 2.05) is 13.8 Å². The highest BCUT2D eigenvalue weighted by atomic mass is 32.2. The molecule has 0 radical (unpaired) electrons. The lowest BCUT2D eigenvalue weighted by atomic mass is 10.0. The van der Waals surface area contributed by atoms with E-state index in [0.29, 0.717) is 16.7 Å². The smallest absolute Gasteiger partial charge is 0.230 e. The predicted molar refractivity (Wildman–Crippen MR) is 97.3 cm³/mol. The highest BCUT2D eigenvalue weighted by Gasteiger charge is 2.12. The normalized spacial score (nSPS) is 11.8. The fraction of sp³-hybridized carbons (Fsp3) is 0.412. The number of hydrogen-bond donors (Lipinski definition) is 2. The Labute approximate surface area is 144 Å². The van der Waals surface area contributed by atoms with Gasteiger partial charge in [-0.1, -0.05) is 31.7 Å². The summed E-state index contributed by atoms with van der Waals surface area (Å²) in [6.45, 7) is 8.19. The lowest BCUT2D eigenvalue weighted by Gasteiger charge is -2.06. The van der Waals surface area contributed by atoms with Crippen LogP contribution in [-0.4, -0.2) is 37.9 Å². The number of fused-ring (bicyclic) bond motifs is 3. The van der Waals surface area contributed by atoms with Crippen molar-refractivity contribution >= 4 is 39.7 Å². The zero-order valence-corrected chi connectivity index (χ0v) is 15.1. The maximum atomic E-state index is 11.7. The van der Waals surface area contributed by atoms with Crippen LogP contribution in [0.4, 0.5) is 0 Å². The van der Waals surface area contributed by atoms with Crippen LogP contribution in [0.2, 0.25) is 0 Å². The van der Waals surface area contributed by atoms with Gasteiger partial charge in [-0.3, -0.25) is 4.79 Å². The number of nitrogens with one attached hydrogen (secondary N) is 2. The summed E-state index contributed by atoms with van der Waals surface area (Å²) in [5, 5.41) is 12.8. The van der Waals surface area contributed by atoms with E-state index in [4.69, 9.17) is 0 Å². The Morgan fingerprint density at radius 1 is 1.25 bits per heavy atom. The molecular weight excluding hydrogens is 322 g/mol. The highest BCUT2D eigenvalue weighted by Crippen LogP contribution is 2.27. The lowest BCUT2D eigenvalue weighted by molar-refractivity contribution is -0.119. The van der Waals surface area contributed by atoms with Crippen molar-refractivity contribution in [3.8, 4) is 0 Å². The molecule has 0 bridgehead atoms. The van der Waals surface area contributed by atoms with E-state index in [1.54, 1.807) is 0 Å². The van der Waals surface area contributed by atoms with E-state index in [1.165, 1.54) is 17.3 Å². The third kappa shape index (κ3) is 3.51. The van der Waals surface area contributed by atoms with Crippen LogP contribution in [-0.2, 0) is 4.79 Å². The molecule has 0 aliphatic rings. The zero-order valence-electron chi connectivity index (χ0n) is 14.3. The van der Waals surface area contributed by atoms with Crippen LogP contribution in [0.15, 0.2) is 23.4 Å². The van der Waals surface area contributed by atoms with Crippen molar-refractivity contribution in [1.82, 2.24) is 25.5 Å². The van der Waals surface area contributed by atoms with E-state index >= 15 is 0 Å². The van der Waals surface area contributed by atoms with Gasteiger partial charge in [-0.15, -0.1) is 10.2 Å². The molecule has 0 unspecified atom stereocenters. The zero-order chi connectivity index (χ0) is 17.3. The topological polar surface area (TPSA) is 83.6 Å². The summed E-state index contributed by atoms with van der Waals surface area (Å²) in [7, 11) is 0. The number of nitrogens with zero attached hydrogens (tertiary/aromatic N) is 3. The minimum absolute atomic E-state index is 0.0306. The third-order valence-electron chi connectivity index (χ3n) is 3.67. The molecule has 0 saturated heterocycles. The SMILES string of the molecule is CC(C)NC(=O)CSc1nnc2c(n1)[nH]c1ccc(C(C)C)cc12. The van der Waals surface area contributed by atoms with Crippen molar-refractivity contribution < 1.29 is 4.79 Å². The number of thioether (sulfide) groups is 1. The van der Waals surface area contributed by atoms with Crippen LogP contribution < -0.4 is 5.32 Å². The Morgan fingerprint density at radius 3 is 2.75 bits per heavy atom. The van der Waals surface area contributed by atoms with Gasteiger partial charge in [0.2, 0.25) is 11.1 Å². The number of rotatable bonds is 5. The summed E-state index contributed by atoms with van der Waals surface area (Å²) in [6.07, 6.45) is 0. The molecule has 126 valence electrons. The summed E-state index contributed by atoms with van der Waals surface area (Å²) in [5.74, 6) is 0.704. The number of aromatic amines is 1. The number of aromatic nitrogens is 4. The summed E-state index contributed by atoms with van der Waals surface area (Å²) in [5.41, 5.74) is 3.72. The van der Waals surface area contributed by atoms with Crippen molar-refractivity contribution in [1.29, 1.82) is 0 Å². The van der Waals surface area contributed by atoms with Crippen LogP contribution in [0.1, 0.15) is 39.2 Å². The molecule has 3 aromatic rings. The second-order valence-electron chi connectivity index (χ2n) is 6.39. The van der Waals surface area contributed by atoms with Crippen LogP contribution >= 0.6 is 11.8 Å². The average Bonchev–Trinajstić information content (AvgIpc) is 2.89. The minimum atomic E-state index is -0.0306. The van der Waals surface area contributed by atoms with Gasteiger partial charge in [-0.2, -0.15) is 0 Å². The predicted octanol–water partition coefficient (Wildman–Crippen LogP) is 3.25. The van der Waals surface area contributed by atoms with E-state index in [9.17, 15) is 4.79 Å². The summed E-state index contributed by atoms with van der Waals surface area (Å²) in [4.78, 5) is 19.5. The molecule has 0 atom stereocenters. The van der Waals surface area contributed by atoms with Gasteiger partial charge in [0.25, 0.3) is 0 Å². The summed E-state index contributed by atoms with van der Waals surface area (Å²) < 4.78 is 0. The standard InChI is InChI=1S/C17H21N5OS/c1-9(2)11-5-6-13-12(7-11)15-16(19-13)20-17(22-21-15)24-8-14(23)18-10(3)4/h5-7,9-10H,8H2,1-4H3,(H,18,23)(H,19,20,22). The number of carbonyl (C=O) groups is 1. The fourth-order valence-corrected chi connectivity index (χ4v) is 3.09. The fourth-order valence-electron chi connectivity index (χ4n) is 2.49. The first-order chi connectivity index (χ1) is 11.4. The Morgan fingerprint density at radius 2 is 2.04 bits per heavy atom. The Bertz CT molecular complexity index is 887. The second-order valence-corrected chi connectivity index (χ2v) is 7.33. The molecule has 6 nitrogen and oxygen atoms in total. The summed E-state index contributed by atoms with van der Waals surface area (Å²) in [6, 6.07) is 6.43. The quantitative estimate of drug-likeness (QED) is 0.695. The molecule has 3 rings (SSSR count). The van der Waals surface area contributed by atoms with Crippen molar-refractivity contribution in [2.45, 2.75) is 44.8 Å². The van der Waals surface area contributed by atoms with Gasteiger partial charge in [0.05, 0.1) is 5.75 Å². The molecule has 1 aromatic carbocycles. The number of hydrogen-bond acceptors (Lipinski definition) is 5. The van der Waals surface area contributed by atoms with Gasteiger partial charge < -0.3 is 10.3 Å². The monoisotopic (exact) mass is 343 g/mol. The van der Waals surface area contributed by atoms with Crippen molar-refractivity contribution in [3.05, 3.63) is 23.8 Å². The van der Waals surface area contributed by atoms with Gasteiger partial charge in [0.1, 0.15) is 5.52 Å². The molecule has 0 aliphatic heterocycles. The van der Waals surface area contributed by atoms with Crippen molar-refractivity contribution in [3.63, 3.8) is 0 Å². The van der Waals surface area contributed by atoms with Gasteiger partial charge in [-0.25, -0.2) is 4.98 Å². The Balaban J connectivity index is 1.86. The molecule has 24 heavy (non-hydrogen) atoms. The number of carbonyl (C=O) groups excluding carboxylic acids is 1. The van der Waals surface area contributed by atoms with Gasteiger partial charge in [-0.05, 0) is 37.5 Å². The lowest BCUT2D eigenvalue weighted by Crippen LogP contribution is -2.31. The third-order valence-corrected chi connectivity index (χ3v) is 4.51. The first-order valence-corrected chi connectivity index (χ1v) is 9.01. The first-order valence-electron chi connectivity index (χ1n) is 8.02. The maximum Gasteiger partial charge on any atom is 0.230 e. The molecule has 1 amide bonds. The largest absolute Gasteiger partial charge is 0.353 e. The van der Waals surface area contributed by atoms with E-state index < -0.39 is 0 Å². The molecule has 2 N–H and O–H groups in total. The van der Waals surface area contributed by atoms with Gasteiger partial charge >= 0.3 is 0 Å². The van der Waals surface area contributed by atoms with Gasteiger partial charge in [0.15, 0.2) is 5.65 Å². The van der Waals surface area contributed by atoms with E-state index in [-0.39, 0.29) is 17.7 Å². The molecule has 0 fully saturated rings. The van der Waals surface area contributed by atoms with Gasteiger partial charge in [0, 0.05) is 16.9 Å². The molecule has 0 aliphatic carbocycles. The highest BCUT2D eigenvalue weighted by molar-refractivity contribution is 7.99. The maximum absolute atomic E-state index is 11.7. The van der Waals surface area contributed by atoms with E-state index in [0.717, 1.165) is 16.4 Å². The van der Waals surface area contributed by atoms with Crippen LogP contribution in [0.5, 0.6) is 0 Å². The van der Waals surface area contributed by atoms with Crippen molar-refractivity contribution in [2.24, 2.45) is 0 Å². The van der Waals surface area contributed by atoms with Crippen LogP contribution in [0, 0.1) is 0 Å². The average molecular weight is 343 g/mol. The second kappa shape index (κ2) is 6.76. The molecule has 2 heterocycles. The minimum Gasteiger partial charge on any atom is -0.353 e. The van der Waals surface area contributed by atoms with E-state index in [2.05, 4.69) is 57.5 Å². The Kier molecular flexibility index (Phi) is 4.71. The summed E-state index contributed by atoms with van der Waals surface area (Å²) >= 11 is 1.29. The van der Waals surface area contributed by atoms with Crippen molar-refractivity contribution in [2.75, 3.05) is 5.75 Å². The molecule has 0 spiro atoms. The molecule has 7 heteroatoms. The molecule has 0 saturated carbocycles. The number of benzene rings is 1. The first kappa shape index (κ1) is 16.7. The van der Waals surface area contributed by atoms with Crippen LogP contribution in [0.3, 0.4) is 0 Å². The van der Waals surface area contributed by atoms with Crippen LogP contribution in [0.25, 0.3) is 22.1 Å². The number of H-pyrrole nitrogens is 1. The Hall–Kier alpha value is -2.15. The molecular formula is C17H21N5OS. The number of amides is 1.